The van der Waals surface area contributed by atoms with Crippen molar-refractivity contribution in [1.82, 2.24) is 0 Å². The summed E-state index contributed by atoms with van der Waals surface area (Å²) in [4.78, 5) is 0. The van der Waals surface area contributed by atoms with Crippen molar-refractivity contribution in [3.8, 4) is 0 Å². The number of hydrogen-bond acceptors (Lipinski definition) is 2. The van der Waals surface area contributed by atoms with Crippen molar-refractivity contribution in [3.63, 3.8) is 0 Å². The van der Waals surface area contributed by atoms with Gasteiger partial charge in [-0.1, -0.05) is 0 Å². The summed E-state index contributed by atoms with van der Waals surface area (Å²) in [7, 11) is -1.38. The van der Waals surface area contributed by atoms with Gasteiger partial charge in [0.25, 0.3) is 0 Å². The molecule has 0 amide bonds. The van der Waals surface area contributed by atoms with Crippen LogP contribution in [0.15, 0.2) is 0 Å². The molecule has 0 rings (SSSR count). The quantitative estimate of drug-likeness (QED) is 0.126. The molecule has 0 fully saturated rings. The fourth-order valence-corrected chi connectivity index (χ4v) is 50.7. The van der Waals surface area contributed by atoms with Gasteiger partial charge in [0.2, 0.25) is 0 Å². The van der Waals surface area contributed by atoms with Gasteiger partial charge >= 0.3 is 224 Å². The third kappa shape index (κ3) is 10.1. The van der Waals surface area contributed by atoms with E-state index in [0.717, 1.165) is 10.2 Å². The maximum absolute atomic E-state index is 7.47. The van der Waals surface area contributed by atoms with Crippen LogP contribution < -0.4 is 0 Å². The molecule has 0 aromatic heterocycles. The number of hydrogen-bond donors (Lipinski definition) is 0. The number of methoxy groups -OCH3 is 1. The molecule has 2 atom stereocenters. The zero-order valence-corrected chi connectivity index (χ0v) is 30.8. The van der Waals surface area contributed by atoms with Gasteiger partial charge in [-0.2, -0.15) is 0 Å². The Bertz CT molecular complexity index is 473. The first kappa shape index (κ1) is 35.2. The van der Waals surface area contributed by atoms with Gasteiger partial charge in [-0.3, -0.25) is 0 Å². The van der Waals surface area contributed by atoms with Gasteiger partial charge < -0.3 is 0 Å². The molecule has 34 heavy (non-hydrogen) atoms. The Morgan fingerprint density at radius 3 is 1.32 bits per heavy atom. The van der Waals surface area contributed by atoms with Crippen molar-refractivity contribution in [1.29, 1.82) is 0 Å². The first-order chi connectivity index (χ1) is 15.8. The van der Waals surface area contributed by atoms with Crippen LogP contribution in [0.1, 0.15) is 107 Å². The van der Waals surface area contributed by atoms with Crippen LogP contribution in [-0.4, -0.2) is 54.6 Å². The second kappa shape index (κ2) is 16.9. The van der Waals surface area contributed by atoms with Gasteiger partial charge in [0.05, 0.1) is 0 Å². The van der Waals surface area contributed by atoms with E-state index in [-0.39, 0.29) is 6.10 Å². The zero-order chi connectivity index (χ0) is 26.6. The topological polar surface area (TPSA) is 18.5 Å². The van der Waals surface area contributed by atoms with E-state index in [1.807, 2.05) is 7.11 Å². The molecule has 0 heterocycles. The Hall–Kier alpha value is 1.15. The van der Waals surface area contributed by atoms with Crippen LogP contribution in [0.5, 0.6) is 0 Å². The number of rotatable bonds is 20. The Balaban J connectivity index is 6.47. The van der Waals surface area contributed by atoms with E-state index in [2.05, 4.69) is 82.0 Å². The molecule has 0 spiro atoms. The van der Waals surface area contributed by atoms with Crippen molar-refractivity contribution >= 4 is 34.8 Å². The predicted molar refractivity (Wildman–Crippen MR) is 164 cm³/mol. The minimum atomic E-state index is -2.40. The van der Waals surface area contributed by atoms with Crippen LogP contribution in [0.3, 0.4) is 0 Å². The van der Waals surface area contributed by atoms with Crippen molar-refractivity contribution in [2.45, 2.75) is 166 Å². The molecule has 0 aliphatic heterocycles. The van der Waals surface area contributed by atoms with E-state index in [1.54, 1.807) is 13.3 Å². The average molecular weight is 622 g/mol. The van der Waals surface area contributed by atoms with Gasteiger partial charge in [0, 0.05) is 0 Å². The van der Waals surface area contributed by atoms with E-state index in [1.165, 1.54) is 44.9 Å². The summed E-state index contributed by atoms with van der Waals surface area (Å²) in [5.41, 5.74) is 1.89. The van der Waals surface area contributed by atoms with E-state index in [9.17, 15) is 0 Å². The first-order valence-corrected chi connectivity index (χ1v) is 28.4. The van der Waals surface area contributed by atoms with E-state index in [4.69, 9.17) is 9.16 Å². The molecule has 0 unspecified atom stereocenters. The van der Waals surface area contributed by atoms with Gasteiger partial charge in [0.1, 0.15) is 0 Å². The van der Waals surface area contributed by atoms with Crippen LogP contribution in [0, 0.1) is 0 Å². The molecule has 0 aromatic carbocycles. The Morgan fingerprint density at radius 2 is 1.06 bits per heavy atom. The molecule has 0 saturated heterocycles. The van der Waals surface area contributed by atoms with Crippen LogP contribution in [0.25, 0.3) is 0 Å². The molecule has 2 nitrogen and oxygen atoms in total. The predicted octanol–water partition coefficient (Wildman–Crippen LogP) is 10.7. The molecule has 5 heteroatoms. The van der Waals surface area contributed by atoms with Crippen LogP contribution >= 0.6 is 0 Å². The van der Waals surface area contributed by atoms with Crippen molar-refractivity contribution < 1.29 is 9.16 Å². The van der Waals surface area contributed by atoms with Crippen LogP contribution in [0.4, 0.5) is 0 Å². The fourth-order valence-electron chi connectivity index (χ4n) is 7.30. The number of ether oxygens (including phenoxy) is 1. The molecule has 0 radical (unpaired) electrons. The van der Waals surface area contributed by atoms with Gasteiger partial charge in [0.15, 0.2) is 0 Å². The maximum atomic E-state index is 7.47. The Labute approximate surface area is 223 Å². The van der Waals surface area contributed by atoms with Crippen LogP contribution in [0.2, 0.25) is 53.1 Å². The van der Waals surface area contributed by atoms with Gasteiger partial charge in [-0.05, 0) is 0 Å². The Kier molecular flexibility index (Phi) is 17.5. The van der Waals surface area contributed by atoms with Crippen molar-refractivity contribution in [3.05, 3.63) is 0 Å². The van der Waals surface area contributed by atoms with E-state index < -0.39 is 34.8 Å². The third-order valence-electron chi connectivity index (χ3n) is 8.80. The average Bonchev–Trinajstić information content (AvgIpc) is 2.74. The number of unbranched alkanes of at least 4 members (excludes halogenated alkanes) is 3. The molecule has 0 saturated carbocycles. The molecule has 0 bridgehead atoms. The van der Waals surface area contributed by atoms with Gasteiger partial charge in [-0.15, -0.1) is 0 Å². The van der Waals surface area contributed by atoms with Crippen molar-refractivity contribution in [2.75, 3.05) is 13.7 Å². The van der Waals surface area contributed by atoms with Crippen LogP contribution in [-0.2, 0) is 9.16 Å². The molecular formula is C29H66O2Si2Sn. The summed E-state index contributed by atoms with van der Waals surface area (Å²) < 4.78 is 19.2. The minimum absolute atomic E-state index is 0.279. The summed E-state index contributed by atoms with van der Waals surface area (Å²) in [6.45, 7) is 30.6. The Morgan fingerprint density at radius 1 is 0.676 bits per heavy atom. The molecule has 0 aliphatic carbocycles. The third-order valence-corrected chi connectivity index (χ3v) is 45.2. The van der Waals surface area contributed by atoms with E-state index in [0.29, 0.717) is 16.6 Å². The second-order valence-corrected chi connectivity index (χ2v) is 39.9. The molecular weight excluding hydrogens is 555 g/mol. The molecule has 0 aliphatic rings. The normalized spacial score (nSPS) is 15.5. The monoisotopic (exact) mass is 622 g/mol. The first-order valence-electron chi connectivity index (χ1n) is 15.0. The zero-order valence-electron chi connectivity index (χ0n) is 26.0. The molecule has 0 aromatic rings. The fraction of sp³-hybridized carbons (Fsp3) is 1.00. The van der Waals surface area contributed by atoms with Crippen molar-refractivity contribution in [2.24, 2.45) is 0 Å². The van der Waals surface area contributed by atoms with Gasteiger partial charge in [-0.25, -0.2) is 0 Å². The molecule has 0 N–H and O–H groups in total. The summed E-state index contributed by atoms with van der Waals surface area (Å²) in [5.74, 6) is 0. The SMILES string of the molecule is CCC[CH2][Sn]([CH2]CCC)([CH2]CCC)[C@@H](C[C@@H](COC)O[Si](C(C)C)(C(C)C)C(C)C)[Si](C)(C)C. The summed E-state index contributed by atoms with van der Waals surface area (Å²) in [6.07, 6.45) is 10.0. The summed E-state index contributed by atoms with van der Waals surface area (Å²) >= 11 is -2.40. The molecule has 206 valence electrons. The van der Waals surface area contributed by atoms with E-state index >= 15 is 0 Å². The second-order valence-electron chi connectivity index (χ2n) is 13.3. The summed E-state index contributed by atoms with van der Waals surface area (Å²) in [5, 5.41) is 0. The summed E-state index contributed by atoms with van der Waals surface area (Å²) in [6, 6.07) is 0. The standard InChI is InChI=1S/C17H39O2Si2.3C4H9.Sn/c1-14(2)21(15(3)4,16(5)6)19-17(13-18-7)11-12-20(8,9)10;3*1-3-4-2;/h12,14-17H,11,13H2,1-10H3;3*1,3-4H2,2H3;/t17-;;;;/m0..../s1.